The van der Waals surface area contributed by atoms with Crippen LogP contribution >= 0.6 is 0 Å². The van der Waals surface area contributed by atoms with E-state index in [0.29, 0.717) is 6.54 Å². The van der Waals surface area contributed by atoms with Crippen molar-refractivity contribution in [1.29, 1.82) is 0 Å². The van der Waals surface area contributed by atoms with Crippen molar-refractivity contribution >= 4 is 5.69 Å². The summed E-state index contributed by atoms with van der Waals surface area (Å²) < 4.78 is 15.1. The van der Waals surface area contributed by atoms with Crippen molar-refractivity contribution in [3.63, 3.8) is 0 Å². The van der Waals surface area contributed by atoms with Gasteiger partial charge < -0.3 is 15.2 Å². The number of likely N-dealkylation sites (N-methyl/N-ethyl adjacent to an activating group) is 1. The van der Waals surface area contributed by atoms with Crippen molar-refractivity contribution in [2.75, 3.05) is 18.5 Å². The number of aryl methyl sites for hydroxylation is 1. The van der Waals surface area contributed by atoms with Crippen molar-refractivity contribution < 1.29 is 4.39 Å². The van der Waals surface area contributed by atoms with E-state index >= 15 is 0 Å². The van der Waals surface area contributed by atoms with Crippen LogP contribution in [-0.4, -0.2) is 23.1 Å². The minimum Gasteiger partial charge on any atom is -0.365 e. The first-order valence-corrected chi connectivity index (χ1v) is 6.85. The maximum atomic E-state index is 13.0. The van der Waals surface area contributed by atoms with E-state index in [2.05, 4.69) is 21.4 Å². The Kier molecular flexibility index (Phi) is 4.74. The molecular weight excluding hydrogens is 255 g/mol. The number of benzene rings is 1. The summed E-state index contributed by atoms with van der Waals surface area (Å²) >= 11 is 0. The van der Waals surface area contributed by atoms with Gasteiger partial charge in [-0.2, -0.15) is 0 Å². The van der Waals surface area contributed by atoms with E-state index in [1.165, 1.54) is 12.1 Å². The summed E-state index contributed by atoms with van der Waals surface area (Å²) in [5, 5.41) is 0. The minimum absolute atomic E-state index is 0.0227. The molecule has 108 valence electrons. The molecule has 0 aliphatic heterocycles. The number of imidazole rings is 1. The van der Waals surface area contributed by atoms with Gasteiger partial charge >= 0.3 is 0 Å². The highest BCUT2D eigenvalue weighted by Crippen LogP contribution is 2.25. The number of aromatic nitrogens is 2. The van der Waals surface area contributed by atoms with Crippen molar-refractivity contribution in [2.45, 2.75) is 25.9 Å². The predicted octanol–water partition coefficient (Wildman–Crippen LogP) is 2.57. The average Bonchev–Trinajstić information content (AvgIpc) is 2.89. The Morgan fingerprint density at radius 1 is 1.35 bits per heavy atom. The van der Waals surface area contributed by atoms with Crippen LogP contribution in [0.2, 0.25) is 0 Å². The molecule has 0 spiro atoms. The largest absolute Gasteiger partial charge is 0.365 e. The monoisotopic (exact) mass is 276 g/mol. The fraction of sp³-hybridized carbons (Fsp3) is 0.400. The molecule has 1 aromatic heterocycles. The standard InChI is InChI=1S/C15H21FN4/c1-3-8-20-11-18-10-15(20)14(9-17)19(2)13-6-4-12(16)5-7-13/h4-7,10-11,14H,3,8-9,17H2,1-2H3. The SMILES string of the molecule is CCCn1cncc1C(CN)N(C)c1ccc(F)cc1. The van der Waals surface area contributed by atoms with Crippen LogP contribution in [-0.2, 0) is 6.54 Å². The molecule has 0 aliphatic rings. The van der Waals surface area contributed by atoms with Crippen molar-refractivity contribution in [1.82, 2.24) is 9.55 Å². The minimum atomic E-state index is -0.234. The first-order chi connectivity index (χ1) is 9.67. The van der Waals surface area contributed by atoms with E-state index in [4.69, 9.17) is 5.73 Å². The van der Waals surface area contributed by atoms with Gasteiger partial charge in [-0.3, -0.25) is 0 Å². The third-order valence-electron chi connectivity index (χ3n) is 3.48. The molecule has 20 heavy (non-hydrogen) atoms. The van der Waals surface area contributed by atoms with Crippen molar-refractivity contribution in [2.24, 2.45) is 5.73 Å². The molecule has 0 aliphatic carbocycles. The van der Waals surface area contributed by atoms with Gasteiger partial charge in [0.15, 0.2) is 0 Å². The van der Waals surface area contributed by atoms with Gasteiger partial charge in [0.1, 0.15) is 5.82 Å². The Morgan fingerprint density at radius 2 is 2.05 bits per heavy atom. The van der Waals surface area contributed by atoms with E-state index < -0.39 is 0 Å². The molecule has 2 aromatic rings. The van der Waals surface area contributed by atoms with Crippen molar-refractivity contribution in [3.8, 4) is 0 Å². The van der Waals surface area contributed by atoms with E-state index in [1.54, 1.807) is 12.1 Å². The van der Waals surface area contributed by atoms with Crippen LogP contribution in [0.25, 0.3) is 0 Å². The van der Waals surface area contributed by atoms with Crippen LogP contribution in [0.3, 0.4) is 0 Å². The van der Waals surface area contributed by atoms with E-state index in [9.17, 15) is 4.39 Å². The molecule has 1 atom stereocenters. The van der Waals surface area contributed by atoms with Gasteiger partial charge in [-0.1, -0.05) is 6.92 Å². The lowest BCUT2D eigenvalue weighted by molar-refractivity contribution is 0.577. The Hall–Kier alpha value is -1.88. The summed E-state index contributed by atoms with van der Waals surface area (Å²) in [5.74, 6) is -0.234. The fourth-order valence-corrected chi connectivity index (χ4v) is 2.37. The third kappa shape index (κ3) is 2.99. The molecule has 2 N–H and O–H groups in total. The van der Waals surface area contributed by atoms with Gasteiger partial charge in [0.25, 0.3) is 0 Å². The highest BCUT2D eigenvalue weighted by Gasteiger charge is 2.19. The third-order valence-corrected chi connectivity index (χ3v) is 3.48. The number of hydrogen-bond donors (Lipinski definition) is 1. The molecule has 1 heterocycles. The van der Waals surface area contributed by atoms with E-state index in [1.807, 2.05) is 19.6 Å². The first kappa shape index (κ1) is 14.5. The van der Waals surface area contributed by atoms with Crippen LogP contribution in [0.5, 0.6) is 0 Å². The summed E-state index contributed by atoms with van der Waals surface area (Å²) in [6.07, 6.45) is 4.73. The lowest BCUT2D eigenvalue weighted by Gasteiger charge is -2.29. The summed E-state index contributed by atoms with van der Waals surface area (Å²) in [4.78, 5) is 6.28. The number of anilines is 1. The molecular formula is C15H21FN4. The Balaban J connectivity index is 2.26. The van der Waals surface area contributed by atoms with Crippen molar-refractivity contribution in [3.05, 3.63) is 48.3 Å². The van der Waals surface area contributed by atoms with E-state index in [-0.39, 0.29) is 11.9 Å². The summed E-state index contributed by atoms with van der Waals surface area (Å²) in [7, 11) is 1.97. The summed E-state index contributed by atoms with van der Waals surface area (Å²) in [5.41, 5.74) is 7.96. The highest BCUT2D eigenvalue weighted by molar-refractivity contribution is 5.47. The quantitative estimate of drug-likeness (QED) is 0.882. The number of nitrogens with two attached hydrogens (primary N) is 1. The maximum Gasteiger partial charge on any atom is 0.123 e. The summed E-state index contributed by atoms with van der Waals surface area (Å²) in [6, 6.07) is 6.47. The molecule has 0 amide bonds. The smallest absolute Gasteiger partial charge is 0.123 e. The Labute approximate surface area is 119 Å². The molecule has 0 radical (unpaired) electrons. The molecule has 4 nitrogen and oxygen atoms in total. The number of hydrogen-bond acceptors (Lipinski definition) is 3. The van der Waals surface area contributed by atoms with Gasteiger partial charge in [0, 0.05) is 25.8 Å². The normalized spacial score (nSPS) is 12.4. The molecule has 0 fully saturated rings. The van der Waals surface area contributed by atoms with Crippen LogP contribution in [0, 0.1) is 5.82 Å². The van der Waals surface area contributed by atoms with Gasteiger partial charge in [-0.05, 0) is 30.7 Å². The second kappa shape index (κ2) is 6.52. The molecule has 0 bridgehead atoms. The second-order valence-electron chi connectivity index (χ2n) is 4.85. The average molecular weight is 276 g/mol. The second-order valence-corrected chi connectivity index (χ2v) is 4.85. The number of nitrogens with zero attached hydrogens (tertiary/aromatic N) is 3. The lowest BCUT2D eigenvalue weighted by Crippen LogP contribution is -2.32. The van der Waals surface area contributed by atoms with Crippen LogP contribution in [0.4, 0.5) is 10.1 Å². The topological polar surface area (TPSA) is 47.1 Å². The van der Waals surface area contributed by atoms with Gasteiger partial charge in [-0.25, -0.2) is 9.37 Å². The van der Waals surface area contributed by atoms with Crippen LogP contribution in [0.1, 0.15) is 25.1 Å². The van der Waals surface area contributed by atoms with Gasteiger partial charge in [0.2, 0.25) is 0 Å². The number of halogens is 1. The fourth-order valence-electron chi connectivity index (χ4n) is 2.37. The van der Waals surface area contributed by atoms with E-state index in [0.717, 1.165) is 24.3 Å². The highest BCUT2D eigenvalue weighted by atomic mass is 19.1. The molecule has 0 saturated carbocycles. The first-order valence-electron chi connectivity index (χ1n) is 6.85. The molecule has 1 aromatic carbocycles. The zero-order chi connectivity index (χ0) is 14.5. The Morgan fingerprint density at radius 3 is 2.65 bits per heavy atom. The zero-order valence-electron chi connectivity index (χ0n) is 12.0. The molecule has 5 heteroatoms. The predicted molar refractivity (Wildman–Crippen MR) is 79.1 cm³/mol. The molecule has 1 unspecified atom stereocenters. The van der Waals surface area contributed by atoms with Crippen LogP contribution < -0.4 is 10.6 Å². The lowest BCUT2D eigenvalue weighted by atomic mass is 10.1. The molecule has 2 rings (SSSR count). The van der Waals surface area contributed by atoms with Crippen LogP contribution in [0.15, 0.2) is 36.8 Å². The van der Waals surface area contributed by atoms with Gasteiger partial charge in [0.05, 0.1) is 24.3 Å². The zero-order valence-corrected chi connectivity index (χ0v) is 12.0. The Bertz CT molecular complexity index is 535. The number of rotatable bonds is 6. The summed E-state index contributed by atoms with van der Waals surface area (Å²) in [6.45, 7) is 3.53. The molecule has 0 saturated heterocycles. The van der Waals surface area contributed by atoms with Gasteiger partial charge in [-0.15, -0.1) is 0 Å². The maximum absolute atomic E-state index is 13.0.